The third-order valence-corrected chi connectivity index (χ3v) is 4.57. The lowest BCUT2D eigenvalue weighted by atomic mass is 10.3. The first-order chi connectivity index (χ1) is 13.7. The number of anilines is 1. The summed E-state index contributed by atoms with van der Waals surface area (Å²) in [4.78, 5) is 4.37. The number of pyridine rings is 1. The minimum absolute atomic E-state index is 0.592. The number of aryl methyl sites for hydroxylation is 1. The molecule has 140 valence electrons. The third kappa shape index (κ3) is 4.66. The number of rotatable bonds is 6. The van der Waals surface area contributed by atoms with E-state index >= 15 is 0 Å². The molecule has 0 atom stereocenters. The zero-order valence-corrected chi connectivity index (χ0v) is 17.4. The van der Waals surface area contributed by atoms with E-state index in [0.717, 1.165) is 38.0 Å². The first kappa shape index (κ1) is 18.4. The summed E-state index contributed by atoms with van der Waals surface area (Å²) in [6.07, 6.45) is 1.92. The molecule has 0 aliphatic carbocycles. The van der Waals surface area contributed by atoms with Crippen molar-refractivity contribution in [2.75, 3.05) is 5.32 Å². The van der Waals surface area contributed by atoms with Gasteiger partial charge in [-0.05, 0) is 78.0 Å². The van der Waals surface area contributed by atoms with Crippen molar-refractivity contribution in [2.45, 2.75) is 13.5 Å². The van der Waals surface area contributed by atoms with Crippen LogP contribution in [0, 0.1) is 10.6 Å². The highest BCUT2D eigenvalue weighted by Gasteiger charge is 2.05. The summed E-state index contributed by atoms with van der Waals surface area (Å²) >= 11 is 2.21. The van der Waals surface area contributed by atoms with Crippen LogP contribution in [0.3, 0.4) is 0 Å². The number of halogens is 1. The van der Waals surface area contributed by atoms with E-state index in [9.17, 15) is 0 Å². The molecule has 2 aromatic heterocycles. The highest BCUT2D eigenvalue weighted by molar-refractivity contribution is 14.1. The van der Waals surface area contributed by atoms with E-state index < -0.39 is 0 Å². The second kappa shape index (κ2) is 8.39. The molecule has 0 bridgehead atoms. The van der Waals surface area contributed by atoms with Crippen molar-refractivity contribution < 1.29 is 4.74 Å². The summed E-state index contributed by atoms with van der Waals surface area (Å²) in [5, 5.41) is 11.8. The van der Waals surface area contributed by atoms with Crippen molar-refractivity contribution in [3.05, 3.63) is 88.0 Å². The van der Waals surface area contributed by atoms with Gasteiger partial charge in [-0.25, -0.2) is 9.67 Å². The van der Waals surface area contributed by atoms with Gasteiger partial charge in [-0.1, -0.05) is 23.4 Å². The predicted molar refractivity (Wildman–Crippen MR) is 117 cm³/mol. The fourth-order valence-corrected chi connectivity index (χ4v) is 3.44. The predicted octanol–water partition coefficient (Wildman–Crippen LogP) is 4.98. The van der Waals surface area contributed by atoms with Gasteiger partial charge < -0.3 is 10.1 Å². The Hall–Kier alpha value is -2.94. The van der Waals surface area contributed by atoms with Gasteiger partial charge >= 0.3 is 0 Å². The molecule has 2 aromatic carbocycles. The Labute approximate surface area is 176 Å². The topological polar surface area (TPSA) is 64.9 Å². The van der Waals surface area contributed by atoms with Crippen LogP contribution in [0.1, 0.15) is 11.4 Å². The van der Waals surface area contributed by atoms with Crippen LogP contribution in [0.4, 0.5) is 5.69 Å². The highest BCUT2D eigenvalue weighted by atomic mass is 127. The number of hydrogen-bond donors (Lipinski definition) is 1. The van der Waals surface area contributed by atoms with Gasteiger partial charge in [-0.3, -0.25) is 0 Å². The molecular formula is C21H18IN5O. The lowest BCUT2D eigenvalue weighted by molar-refractivity contribution is 0.482. The molecule has 0 amide bonds. The molecule has 28 heavy (non-hydrogen) atoms. The highest BCUT2D eigenvalue weighted by Crippen LogP contribution is 2.22. The maximum absolute atomic E-state index is 5.82. The summed E-state index contributed by atoms with van der Waals surface area (Å²) in [6.45, 7) is 2.57. The Morgan fingerprint density at radius 2 is 1.75 bits per heavy atom. The van der Waals surface area contributed by atoms with Gasteiger partial charge in [0.15, 0.2) is 0 Å². The minimum atomic E-state index is 0.592. The Morgan fingerprint density at radius 3 is 2.50 bits per heavy atom. The largest absolute Gasteiger partial charge is 0.457 e. The minimum Gasteiger partial charge on any atom is -0.457 e. The first-order valence-electron chi connectivity index (χ1n) is 8.78. The molecule has 4 rings (SSSR count). The van der Waals surface area contributed by atoms with Gasteiger partial charge in [0.1, 0.15) is 20.9 Å². The van der Waals surface area contributed by atoms with E-state index in [1.54, 1.807) is 4.68 Å². The standard InChI is InChI=1S/C21H18IN5O/c1-15-11-16(12-21(22)24-15)23-13-17-14-27(26-25-17)18-7-9-20(10-8-18)28-19-5-3-2-4-6-19/h2-12,14H,13H2,1H3,(H,23,24). The zero-order valence-electron chi connectivity index (χ0n) is 15.2. The van der Waals surface area contributed by atoms with E-state index in [1.807, 2.05) is 79.9 Å². The van der Waals surface area contributed by atoms with E-state index in [4.69, 9.17) is 4.74 Å². The molecule has 4 aromatic rings. The van der Waals surface area contributed by atoms with Crippen LogP contribution in [0.2, 0.25) is 0 Å². The van der Waals surface area contributed by atoms with Gasteiger partial charge in [0.05, 0.1) is 18.4 Å². The Kier molecular flexibility index (Phi) is 5.52. The molecule has 6 nitrogen and oxygen atoms in total. The summed E-state index contributed by atoms with van der Waals surface area (Å²) in [7, 11) is 0. The van der Waals surface area contributed by atoms with Crippen LogP contribution < -0.4 is 10.1 Å². The monoisotopic (exact) mass is 483 g/mol. The van der Waals surface area contributed by atoms with Gasteiger partial charge in [0.25, 0.3) is 0 Å². The molecule has 0 saturated carbocycles. The average molecular weight is 483 g/mol. The van der Waals surface area contributed by atoms with E-state index in [-0.39, 0.29) is 0 Å². The fraction of sp³-hybridized carbons (Fsp3) is 0.0952. The Morgan fingerprint density at radius 1 is 1.00 bits per heavy atom. The summed E-state index contributed by atoms with van der Waals surface area (Å²) in [6, 6.07) is 21.5. The smallest absolute Gasteiger partial charge is 0.127 e. The van der Waals surface area contributed by atoms with Crippen LogP contribution in [-0.2, 0) is 6.54 Å². The quantitative estimate of drug-likeness (QED) is 0.310. The SMILES string of the molecule is Cc1cc(NCc2cn(-c3ccc(Oc4ccccc4)cc3)nn2)cc(I)n1. The van der Waals surface area contributed by atoms with Crippen LogP contribution in [0.15, 0.2) is 72.9 Å². The lowest BCUT2D eigenvalue weighted by Crippen LogP contribution is -2.01. The normalized spacial score (nSPS) is 10.6. The number of hydrogen-bond acceptors (Lipinski definition) is 5. The number of benzene rings is 2. The maximum Gasteiger partial charge on any atom is 0.127 e. The molecule has 0 fully saturated rings. The zero-order chi connectivity index (χ0) is 19.3. The molecule has 0 aliphatic rings. The molecule has 1 N–H and O–H groups in total. The van der Waals surface area contributed by atoms with Gasteiger partial charge in [-0.15, -0.1) is 5.10 Å². The summed E-state index contributed by atoms with van der Waals surface area (Å²) in [5.41, 5.74) is 3.78. The number of aromatic nitrogens is 4. The molecule has 7 heteroatoms. The van der Waals surface area contributed by atoms with Crippen LogP contribution in [-0.4, -0.2) is 20.0 Å². The summed E-state index contributed by atoms with van der Waals surface area (Å²) < 4.78 is 8.53. The van der Waals surface area contributed by atoms with Gasteiger partial charge in [0.2, 0.25) is 0 Å². The second-order valence-corrected chi connectivity index (χ2v) is 7.34. The fourth-order valence-electron chi connectivity index (χ4n) is 2.72. The second-order valence-electron chi connectivity index (χ2n) is 6.24. The van der Waals surface area contributed by atoms with Crippen molar-refractivity contribution in [3.8, 4) is 17.2 Å². The lowest BCUT2D eigenvalue weighted by Gasteiger charge is -2.06. The van der Waals surface area contributed by atoms with Crippen LogP contribution in [0.5, 0.6) is 11.5 Å². The Bertz CT molecular complexity index is 1040. The molecule has 0 radical (unpaired) electrons. The number of nitrogens with zero attached hydrogens (tertiary/aromatic N) is 4. The van der Waals surface area contributed by atoms with Crippen molar-refractivity contribution in [3.63, 3.8) is 0 Å². The van der Waals surface area contributed by atoms with Crippen LogP contribution >= 0.6 is 22.6 Å². The van der Waals surface area contributed by atoms with Crippen molar-refractivity contribution in [1.29, 1.82) is 0 Å². The molecule has 2 heterocycles. The third-order valence-electron chi connectivity index (χ3n) is 4.02. The summed E-state index contributed by atoms with van der Waals surface area (Å²) in [5.74, 6) is 1.59. The number of ether oxygens (including phenoxy) is 1. The van der Waals surface area contributed by atoms with Crippen LogP contribution in [0.25, 0.3) is 5.69 Å². The molecular weight excluding hydrogens is 465 g/mol. The number of nitrogens with one attached hydrogen (secondary N) is 1. The van der Waals surface area contributed by atoms with Gasteiger partial charge in [0, 0.05) is 11.4 Å². The Balaban J connectivity index is 1.41. The molecule has 0 unspecified atom stereocenters. The van der Waals surface area contributed by atoms with E-state index in [2.05, 4.69) is 43.2 Å². The van der Waals surface area contributed by atoms with Crippen molar-refractivity contribution in [2.24, 2.45) is 0 Å². The van der Waals surface area contributed by atoms with Crippen molar-refractivity contribution in [1.82, 2.24) is 20.0 Å². The van der Waals surface area contributed by atoms with Gasteiger partial charge in [-0.2, -0.15) is 0 Å². The van der Waals surface area contributed by atoms with Crippen molar-refractivity contribution >= 4 is 28.3 Å². The molecule has 0 aliphatic heterocycles. The molecule has 0 saturated heterocycles. The number of para-hydroxylation sites is 1. The molecule has 0 spiro atoms. The average Bonchev–Trinajstić information content (AvgIpc) is 3.16. The maximum atomic E-state index is 5.82. The first-order valence-corrected chi connectivity index (χ1v) is 9.86. The van der Waals surface area contributed by atoms with E-state index in [0.29, 0.717) is 6.54 Å². The van der Waals surface area contributed by atoms with E-state index in [1.165, 1.54) is 0 Å².